The summed E-state index contributed by atoms with van der Waals surface area (Å²) in [7, 11) is 0. The van der Waals surface area contributed by atoms with Gasteiger partial charge >= 0.3 is 6.03 Å². The first kappa shape index (κ1) is 16.2. The number of nitrogens with zero attached hydrogens (tertiary/aromatic N) is 1. The maximum absolute atomic E-state index is 11.7. The summed E-state index contributed by atoms with van der Waals surface area (Å²) in [6, 6.07) is -0.144. The third-order valence-electron chi connectivity index (χ3n) is 3.83. The zero-order valence-electron chi connectivity index (χ0n) is 12.5. The zero-order valence-corrected chi connectivity index (χ0v) is 12.5. The summed E-state index contributed by atoms with van der Waals surface area (Å²) in [6.07, 6.45) is 4.41. The third kappa shape index (κ3) is 5.78. The van der Waals surface area contributed by atoms with Gasteiger partial charge in [-0.3, -0.25) is 4.90 Å². The fourth-order valence-corrected chi connectivity index (χ4v) is 2.45. The van der Waals surface area contributed by atoms with Crippen molar-refractivity contribution in [2.75, 3.05) is 26.2 Å². The summed E-state index contributed by atoms with van der Waals surface area (Å²) in [5.74, 6) is 0. The molecule has 1 atom stereocenters. The van der Waals surface area contributed by atoms with Crippen molar-refractivity contribution in [1.82, 2.24) is 15.5 Å². The molecule has 5 nitrogen and oxygen atoms in total. The van der Waals surface area contributed by atoms with Crippen LogP contribution in [0.2, 0.25) is 0 Å². The first-order valence-electron chi connectivity index (χ1n) is 7.36. The molecule has 1 aliphatic rings. The van der Waals surface area contributed by atoms with Crippen molar-refractivity contribution in [2.24, 2.45) is 0 Å². The van der Waals surface area contributed by atoms with Crippen LogP contribution in [-0.4, -0.2) is 53.9 Å². The molecular formula is C14H29N3O2. The van der Waals surface area contributed by atoms with Crippen molar-refractivity contribution in [3.63, 3.8) is 0 Å². The Morgan fingerprint density at radius 1 is 1.32 bits per heavy atom. The van der Waals surface area contributed by atoms with Crippen LogP contribution >= 0.6 is 0 Å². The second-order valence-corrected chi connectivity index (χ2v) is 6.10. The first-order valence-corrected chi connectivity index (χ1v) is 7.36. The van der Waals surface area contributed by atoms with Crippen molar-refractivity contribution in [2.45, 2.75) is 58.0 Å². The summed E-state index contributed by atoms with van der Waals surface area (Å²) < 4.78 is 0. The number of likely N-dealkylation sites (tertiary alicyclic amines) is 1. The van der Waals surface area contributed by atoms with E-state index in [0.29, 0.717) is 13.0 Å². The van der Waals surface area contributed by atoms with Gasteiger partial charge in [0.15, 0.2) is 0 Å². The minimum atomic E-state index is -0.147. The highest BCUT2D eigenvalue weighted by molar-refractivity contribution is 5.74. The van der Waals surface area contributed by atoms with Gasteiger partial charge in [0.1, 0.15) is 0 Å². The summed E-state index contributed by atoms with van der Waals surface area (Å²) in [5.41, 5.74) is -0.00201. The molecule has 0 radical (unpaired) electrons. The van der Waals surface area contributed by atoms with Crippen molar-refractivity contribution < 1.29 is 9.90 Å². The second kappa shape index (κ2) is 7.70. The maximum atomic E-state index is 11.7. The van der Waals surface area contributed by atoms with Gasteiger partial charge in [0, 0.05) is 24.7 Å². The monoisotopic (exact) mass is 271 g/mol. The molecule has 0 bridgehead atoms. The minimum absolute atomic E-state index is 0.00201. The number of aliphatic hydroxyl groups excluding tert-OH is 1. The molecule has 0 spiro atoms. The highest BCUT2D eigenvalue weighted by Gasteiger charge is 2.28. The van der Waals surface area contributed by atoms with E-state index in [2.05, 4.69) is 29.4 Å². The molecule has 0 aromatic rings. The average molecular weight is 271 g/mol. The van der Waals surface area contributed by atoms with Crippen LogP contribution in [0.25, 0.3) is 0 Å². The summed E-state index contributed by atoms with van der Waals surface area (Å²) in [4.78, 5) is 14.2. The quantitative estimate of drug-likeness (QED) is 0.683. The van der Waals surface area contributed by atoms with Gasteiger partial charge in [-0.2, -0.15) is 0 Å². The molecule has 1 heterocycles. The molecular weight excluding hydrogens is 242 g/mol. The molecule has 0 aromatic carbocycles. The zero-order chi connectivity index (χ0) is 14.3. The Balaban J connectivity index is 2.31. The van der Waals surface area contributed by atoms with Crippen LogP contribution < -0.4 is 10.6 Å². The fraction of sp³-hybridized carbons (Fsp3) is 0.929. The van der Waals surface area contributed by atoms with Crippen molar-refractivity contribution >= 4 is 6.03 Å². The predicted octanol–water partition coefficient (Wildman–Crippen LogP) is 1.32. The molecule has 1 fully saturated rings. The molecule has 5 heteroatoms. The number of carbonyl (C=O) groups is 1. The van der Waals surface area contributed by atoms with Crippen molar-refractivity contribution in [3.8, 4) is 0 Å². The van der Waals surface area contributed by atoms with Gasteiger partial charge < -0.3 is 15.7 Å². The molecule has 1 rings (SSSR count). The Labute approximate surface area is 116 Å². The van der Waals surface area contributed by atoms with Gasteiger partial charge in [0.25, 0.3) is 0 Å². The molecule has 2 amide bonds. The Morgan fingerprint density at radius 3 is 2.53 bits per heavy atom. The summed E-state index contributed by atoms with van der Waals surface area (Å²) in [5, 5.41) is 14.6. The molecule has 19 heavy (non-hydrogen) atoms. The van der Waals surface area contributed by atoms with Gasteiger partial charge in [-0.15, -0.1) is 0 Å². The smallest absolute Gasteiger partial charge is 0.315 e. The molecule has 0 saturated carbocycles. The number of urea groups is 1. The number of amides is 2. The molecule has 1 saturated heterocycles. The summed E-state index contributed by atoms with van der Waals surface area (Å²) >= 11 is 0. The Bertz CT molecular complexity index is 276. The average Bonchev–Trinajstić information content (AvgIpc) is 2.38. The second-order valence-electron chi connectivity index (χ2n) is 6.10. The van der Waals surface area contributed by atoms with E-state index in [-0.39, 0.29) is 24.2 Å². The van der Waals surface area contributed by atoms with Crippen LogP contribution in [0, 0.1) is 0 Å². The Morgan fingerprint density at radius 2 is 1.95 bits per heavy atom. The van der Waals surface area contributed by atoms with E-state index in [0.717, 1.165) is 13.1 Å². The van der Waals surface area contributed by atoms with Crippen LogP contribution in [0.5, 0.6) is 0 Å². The largest absolute Gasteiger partial charge is 0.396 e. The van der Waals surface area contributed by atoms with E-state index in [1.54, 1.807) is 0 Å². The summed E-state index contributed by atoms with van der Waals surface area (Å²) in [6.45, 7) is 9.23. The fourth-order valence-electron chi connectivity index (χ4n) is 2.45. The van der Waals surface area contributed by atoms with E-state index in [1.165, 1.54) is 19.3 Å². The number of hydrogen-bond donors (Lipinski definition) is 3. The van der Waals surface area contributed by atoms with Crippen LogP contribution in [-0.2, 0) is 0 Å². The number of piperidine rings is 1. The van der Waals surface area contributed by atoms with Gasteiger partial charge in [0.2, 0.25) is 0 Å². The van der Waals surface area contributed by atoms with Crippen molar-refractivity contribution in [3.05, 3.63) is 0 Å². The van der Waals surface area contributed by atoms with Gasteiger partial charge in [-0.05, 0) is 53.1 Å². The number of carbonyl (C=O) groups excluding carboxylic acids is 1. The highest BCUT2D eigenvalue weighted by Crippen LogP contribution is 2.19. The first-order chi connectivity index (χ1) is 8.95. The van der Waals surface area contributed by atoms with E-state index < -0.39 is 0 Å². The maximum Gasteiger partial charge on any atom is 0.315 e. The minimum Gasteiger partial charge on any atom is -0.396 e. The van der Waals surface area contributed by atoms with E-state index in [1.807, 2.05) is 6.92 Å². The molecule has 0 aromatic heterocycles. The van der Waals surface area contributed by atoms with E-state index in [9.17, 15) is 4.79 Å². The van der Waals surface area contributed by atoms with Crippen LogP contribution in [0.4, 0.5) is 4.79 Å². The van der Waals surface area contributed by atoms with Crippen LogP contribution in [0.3, 0.4) is 0 Å². The number of nitrogens with one attached hydrogen (secondary N) is 2. The highest BCUT2D eigenvalue weighted by atomic mass is 16.3. The van der Waals surface area contributed by atoms with Crippen LogP contribution in [0.1, 0.15) is 46.5 Å². The number of rotatable bonds is 6. The lowest BCUT2D eigenvalue weighted by Gasteiger charge is -2.41. The molecule has 0 aliphatic carbocycles. The number of hydrogen-bond acceptors (Lipinski definition) is 3. The predicted molar refractivity (Wildman–Crippen MR) is 77.2 cm³/mol. The number of aliphatic hydroxyl groups is 1. The van der Waals surface area contributed by atoms with Gasteiger partial charge in [-0.1, -0.05) is 6.42 Å². The molecule has 1 aliphatic heterocycles. The Kier molecular flexibility index (Phi) is 6.58. The molecule has 0 unspecified atom stereocenters. The van der Waals surface area contributed by atoms with Gasteiger partial charge in [-0.25, -0.2) is 4.79 Å². The van der Waals surface area contributed by atoms with Crippen LogP contribution in [0.15, 0.2) is 0 Å². The lowest BCUT2D eigenvalue weighted by Crippen LogP contribution is -2.55. The Hall–Kier alpha value is -0.810. The van der Waals surface area contributed by atoms with Gasteiger partial charge in [0.05, 0.1) is 0 Å². The lowest BCUT2D eigenvalue weighted by atomic mass is 9.98. The third-order valence-corrected chi connectivity index (χ3v) is 3.83. The normalized spacial score (nSPS) is 18.9. The van der Waals surface area contributed by atoms with Crippen molar-refractivity contribution in [1.29, 1.82) is 0 Å². The van der Waals surface area contributed by atoms with E-state index >= 15 is 0 Å². The SMILES string of the molecule is C[C@H](CCO)NC(=O)NCC(C)(C)N1CCCCC1. The molecule has 3 N–H and O–H groups in total. The lowest BCUT2D eigenvalue weighted by molar-refractivity contribution is 0.0958. The molecule has 112 valence electrons. The standard InChI is InChI=1S/C14H29N3O2/c1-12(7-10-18)16-13(19)15-11-14(2,3)17-8-5-4-6-9-17/h12,18H,4-11H2,1-3H3,(H2,15,16,19)/t12-/m1/s1. The topological polar surface area (TPSA) is 64.6 Å². The van der Waals surface area contributed by atoms with E-state index in [4.69, 9.17) is 5.11 Å².